The molecule has 106 valence electrons. The minimum absolute atomic E-state index is 0.184. The molecule has 3 rings (SSSR count). The number of nitro groups is 1. The quantitative estimate of drug-likeness (QED) is 0.546. The first-order valence-electron chi connectivity index (χ1n) is 6.33. The van der Waals surface area contributed by atoms with Crippen molar-refractivity contribution in [3.8, 4) is 22.9 Å². The van der Waals surface area contributed by atoms with Crippen LogP contribution in [0.2, 0.25) is 0 Å². The Morgan fingerprint density at radius 1 is 1.00 bits per heavy atom. The molecule has 0 amide bonds. The van der Waals surface area contributed by atoms with Crippen LogP contribution in [0.4, 0.5) is 5.82 Å². The lowest BCUT2D eigenvalue weighted by molar-refractivity contribution is -0.389. The minimum atomic E-state index is -0.509. The molecule has 0 radical (unpaired) electrons. The van der Waals surface area contributed by atoms with Crippen LogP contribution in [0.15, 0.2) is 42.7 Å². The molecule has 0 aliphatic heterocycles. The van der Waals surface area contributed by atoms with E-state index >= 15 is 0 Å². The van der Waals surface area contributed by atoms with Gasteiger partial charge in [-0.15, -0.1) is 0 Å². The van der Waals surface area contributed by atoms with E-state index in [0.717, 1.165) is 11.3 Å². The van der Waals surface area contributed by atoms with Crippen molar-refractivity contribution in [1.82, 2.24) is 19.1 Å². The fourth-order valence-corrected chi connectivity index (χ4v) is 2.17. The molecule has 0 N–H and O–H groups in total. The summed E-state index contributed by atoms with van der Waals surface area (Å²) < 4.78 is 3.42. The predicted octanol–water partition coefficient (Wildman–Crippen LogP) is 2.40. The maximum Gasteiger partial charge on any atom is 0.382 e. The van der Waals surface area contributed by atoms with Gasteiger partial charge in [-0.3, -0.25) is 0 Å². The van der Waals surface area contributed by atoms with Gasteiger partial charge < -0.3 is 19.2 Å². The summed E-state index contributed by atoms with van der Waals surface area (Å²) >= 11 is 0. The van der Waals surface area contributed by atoms with Crippen molar-refractivity contribution in [3.63, 3.8) is 0 Å². The number of imidazole rings is 2. The Morgan fingerprint density at radius 3 is 2.24 bits per heavy atom. The van der Waals surface area contributed by atoms with Crippen LogP contribution >= 0.6 is 0 Å². The molecule has 7 nitrogen and oxygen atoms in total. The number of hydrogen-bond acceptors (Lipinski definition) is 4. The summed E-state index contributed by atoms with van der Waals surface area (Å²) in [6, 6.07) is 9.75. The van der Waals surface area contributed by atoms with E-state index in [1.165, 1.54) is 6.20 Å². The van der Waals surface area contributed by atoms with E-state index in [4.69, 9.17) is 0 Å². The Morgan fingerprint density at radius 2 is 1.62 bits per heavy atom. The lowest BCUT2D eigenvalue weighted by Gasteiger charge is -1.95. The normalized spacial score (nSPS) is 10.8. The maximum atomic E-state index is 10.8. The Bertz CT molecular complexity index is 804. The molecule has 3 aromatic rings. The Kier molecular flexibility index (Phi) is 3.02. The van der Waals surface area contributed by atoms with Crippen LogP contribution in [0.25, 0.3) is 22.9 Å². The zero-order valence-corrected chi connectivity index (χ0v) is 11.6. The molecule has 0 aliphatic rings. The molecule has 0 saturated heterocycles. The van der Waals surface area contributed by atoms with Crippen LogP contribution in [-0.2, 0) is 14.1 Å². The number of aromatic nitrogens is 4. The highest BCUT2D eigenvalue weighted by Crippen LogP contribution is 2.24. The zero-order valence-electron chi connectivity index (χ0n) is 11.6. The molecular formula is C14H13N5O2. The van der Waals surface area contributed by atoms with Crippen molar-refractivity contribution in [1.29, 1.82) is 0 Å². The number of nitrogens with zero attached hydrogens (tertiary/aromatic N) is 5. The first kappa shape index (κ1) is 13.0. The smallest absolute Gasteiger partial charge is 0.358 e. The van der Waals surface area contributed by atoms with E-state index in [1.807, 2.05) is 48.1 Å². The molecule has 0 unspecified atom stereocenters. The highest BCUT2D eigenvalue weighted by atomic mass is 16.6. The third kappa shape index (κ3) is 2.29. The summed E-state index contributed by atoms with van der Waals surface area (Å²) in [6.07, 6.45) is 3.26. The molecule has 0 atom stereocenters. The minimum Gasteiger partial charge on any atom is -0.358 e. The number of benzene rings is 1. The summed E-state index contributed by atoms with van der Waals surface area (Å²) in [5.41, 5.74) is 1.79. The third-order valence-electron chi connectivity index (χ3n) is 3.20. The van der Waals surface area contributed by atoms with Gasteiger partial charge in [-0.05, 0) is 9.91 Å². The molecular weight excluding hydrogens is 270 g/mol. The van der Waals surface area contributed by atoms with Gasteiger partial charge in [-0.2, -0.15) is 0 Å². The standard InChI is InChI=1S/C14H13N5O2/c1-17-8-11(10-6-4-3-5-7-10)15-13(17)14-16-12(19(20)21)9-18(14)2/h3-9H,1-2H3. The van der Waals surface area contributed by atoms with Crippen LogP contribution in [0.1, 0.15) is 0 Å². The Labute approximate surface area is 120 Å². The second-order valence-electron chi connectivity index (χ2n) is 4.72. The van der Waals surface area contributed by atoms with Crippen LogP contribution in [0.3, 0.4) is 0 Å². The van der Waals surface area contributed by atoms with Crippen molar-refractivity contribution in [2.75, 3.05) is 0 Å². The SMILES string of the molecule is Cn1cc(-c2ccccc2)nc1-c1nc([N+](=O)[O-])cn1C. The molecule has 7 heteroatoms. The van der Waals surface area contributed by atoms with Gasteiger partial charge in [0.25, 0.3) is 5.82 Å². The summed E-state index contributed by atoms with van der Waals surface area (Å²) in [5, 5.41) is 10.8. The molecule has 2 heterocycles. The largest absolute Gasteiger partial charge is 0.382 e. The van der Waals surface area contributed by atoms with Gasteiger partial charge in [0.15, 0.2) is 0 Å². The lowest BCUT2D eigenvalue weighted by atomic mass is 10.2. The van der Waals surface area contributed by atoms with Gasteiger partial charge >= 0.3 is 5.82 Å². The highest BCUT2D eigenvalue weighted by molar-refractivity contribution is 5.62. The summed E-state index contributed by atoms with van der Waals surface area (Å²) in [7, 11) is 3.56. The summed E-state index contributed by atoms with van der Waals surface area (Å²) in [4.78, 5) is 18.9. The fraction of sp³-hybridized carbons (Fsp3) is 0.143. The van der Waals surface area contributed by atoms with Gasteiger partial charge in [0.05, 0.1) is 5.69 Å². The summed E-state index contributed by atoms with van der Waals surface area (Å²) in [5.74, 6) is 0.868. The Balaban J connectivity index is 2.08. The second-order valence-corrected chi connectivity index (χ2v) is 4.72. The van der Waals surface area contributed by atoms with E-state index in [9.17, 15) is 10.1 Å². The van der Waals surface area contributed by atoms with Gasteiger partial charge in [-0.25, -0.2) is 4.98 Å². The highest BCUT2D eigenvalue weighted by Gasteiger charge is 2.22. The van der Waals surface area contributed by atoms with E-state index in [1.54, 1.807) is 11.6 Å². The first-order valence-corrected chi connectivity index (χ1v) is 6.33. The third-order valence-corrected chi connectivity index (χ3v) is 3.20. The topological polar surface area (TPSA) is 78.8 Å². The van der Waals surface area contributed by atoms with Crippen molar-refractivity contribution in [3.05, 3.63) is 52.8 Å². The fourth-order valence-electron chi connectivity index (χ4n) is 2.17. The van der Waals surface area contributed by atoms with E-state index in [-0.39, 0.29) is 5.82 Å². The average Bonchev–Trinajstić information content (AvgIpc) is 3.03. The van der Waals surface area contributed by atoms with Crippen molar-refractivity contribution < 1.29 is 4.92 Å². The van der Waals surface area contributed by atoms with Crippen molar-refractivity contribution in [2.24, 2.45) is 14.1 Å². The predicted molar refractivity (Wildman–Crippen MR) is 77.5 cm³/mol. The van der Waals surface area contributed by atoms with Gasteiger partial charge in [0.1, 0.15) is 6.20 Å². The molecule has 0 saturated carbocycles. The molecule has 0 spiro atoms. The molecule has 0 aliphatic carbocycles. The molecule has 2 aromatic heterocycles. The molecule has 21 heavy (non-hydrogen) atoms. The average molecular weight is 283 g/mol. The second kappa shape index (κ2) is 4.86. The van der Waals surface area contributed by atoms with E-state index < -0.39 is 4.92 Å². The van der Waals surface area contributed by atoms with Crippen LogP contribution in [-0.4, -0.2) is 24.0 Å². The van der Waals surface area contributed by atoms with Gasteiger partial charge in [-0.1, -0.05) is 30.3 Å². The number of hydrogen-bond donors (Lipinski definition) is 0. The lowest BCUT2D eigenvalue weighted by Crippen LogP contribution is -1.98. The monoisotopic (exact) mass is 283 g/mol. The number of rotatable bonds is 3. The summed E-state index contributed by atoms with van der Waals surface area (Å²) in [6.45, 7) is 0. The number of aryl methyl sites for hydroxylation is 2. The van der Waals surface area contributed by atoms with Crippen molar-refractivity contribution >= 4 is 5.82 Å². The molecule has 0 fully saturated rings. The van der Waals surface area contributed by atoms with Gasteiger partial charge in [0.2, 0.25) is 5.82 Å². The van der Waals surface area contributed by atoms with Crippen LogP contribution < -0.4 is 0 Å². The maximum absolute atomic E-state index is 10.8. The first-order chi connectivity index (χ1) is 10.1. The van der Waals surface area contributed by atoms with Crippen LogP contribution in [0.5, 0.6) is 0 Å². The Hall–Kier alpha value is -2.96. The molecule has 0 bridgehead atoms. The van der Waals surface area contributed by atoms with Crippen LogP contribution in [0, 0.1) is 10.1 Å². The molecule has 1 aromatic carbocycles. The van der Waals surface area contributed by atoms with E-state index in [2.05, 4.69) is 9.97 Å². The van der Waals surface area contributed by atoms with Crippen molar-refractivity contribution in [2.45, 2.75) is 0 Å². The van der Waals surface area contributed by atoms with E-state index in [0.29, 0.717) is 11.6 Å². The van der Waals surface area contributed by atoms with Gasteiger partial charge in [0, 0.05) is 25.9 Å². The zero-order chi connectivity index (χ0) is 15.0.